The van der Waals surface area contributed by atoms with Crippen molar-refractivity contribution in [1.29, 1.82) is 0 Å². The first-order valence-electron chi connectivity index (χ1n) is 4.75. The molecular formula is C9H16F3NO. The lowest BCUT2D eigenvalue weighted by Crippen LogP contribution is -2.54. The molecule has 1 saturated heterocycles. The van der Waals surface area contributed by atoms with Crippen molar-refractivity contribution in [2.24, 2.45) is 0 Å². The standard InChI is InChI=1S/C9H16F3NO/c1-8(2)7(13-5-6-14-8)3-4-9(10,11)12/h7,13H,3-6H2,1-2H3. The molecule has 0 spiro atoms. The molecule has 5 heteroatoms. The largest absolute Gasteiger partial charge is 0.389 e. The summed E-state index contributed by atoms with van der Waals surface area (Å²) in [5, 5.41) is 3.06. The van der Waals surface area contributed by atoms with E-state index in [0.29, 0.717) is 13.2 Å². The van der Waals surface area contributed by atoms with Crippen molar-refractivity contribution < 1.29 is 17.9 Å². The number of nitrogens with one attached hydrogen (secondary N) is 1. The van der Waals surface area contributed by atoms with Crippen LogP contribution in [0.1, 0.15) is 26.7 Å². The minimum atomic E-state index is -4.07. The Hall–Kier alpha value is -0.290. The van der Waals surface area contributed by atoms with Crippen LogP contribution in [0.3, 0.4) is 0 Å². The van der Waals surface area contributed by atoms with Crippen molar-refractivity contribution in [2.75, 3.05) is 13.2 Å². The third kappa shape index (κ3) is 3.46. The Balaban J connectivity index is 2.42. The van der Waals surface area contributed by atoms with E-state index in [-0.39, 0.29) is 12.5 Å². The first kappa shape index (κ1) is 11.8. The van der Waals surface area contributed by atoms with Gasteiger partial charge in [0, 0.05) is 19.0 Å². The molecule has 0 radical (unpaired) electrons. The molecule has 1 fully saturated rings. The van der Waals surface area contributed by atoms with Crippen molar-refractivity contribution in [1.82, 2.24) is 5.32 Å². The molecule has 1 unspecified atom stereocenters. The smallest absolute Gasteiger partial charge is 0.373 e. The summed E-state index contributed by atoms with van der Waals surface area (Å²) in [4.78, 5) is 0. The number of morpholine rings is 1. The molecule has 1 aliphatic rings. The molecule has 84 valence electrons. The summed E-state index contributed by atoms with van der Waals surface area (Å²) in [6.45, 7) is 4.84. The van der Waals surface area contributed by atoms with Gasteiger partial charge in [0.25, 0.3) is 0 Å². The number of hydrogen-bond acceptors (Lipinski definition) is 2. The monoisotopic (exact) mass is 211 g/mol. The molecule has 1 aliphatic heterocycles. The summed E-state index contributed by atoms with van der Waals surface area (Å²) in [6.07, 6.45) is -4.75. The molecule has 0 aromatic heterocycles. The van der Waals surface area contributed by atoms with Gasteiger partial charge in [-0.25, -0.2) is 0 Å². The molecule has 0 saturated carbocycles. The summed E-state index contributed by atoms with van der Waals surface area (Å²) in [5.41, 5.74) is -0.497. The maximum Gasteiger partial charge on any atom is 0.389 e. The zero-order valence-electron chi connectivity index (χ0n) is 8.45. The summed E-state index contributed by atoms with van der Waals surface area (Å²) in [6, 6.07) is -0.210. The number of alkyl halides is 3. The van der Waals surface area contributed by atoms with Crippen LogP contribution in [0.25, 0.3) is 0 Å². The maximum atomic E-state index is 12.0. The van der Waals surface area contributed by atoms with Gasteiger partial charge in [-0.1, -0.05) is 0 Å². The van der Waals surface area contributed by atoms with E-state index in [9.17, 15) is 13.2 Å². The molecule has 1 heterocycles. The highest BCUT2D eigenvalue weighted by Gasteiger charge is 2.36. The molecular weight excluding hydrogens is 195 g/mol. The van der Waals surface area contributed by atoms with Gasteiger partial charge in [0.05, 0.1) is 12.2 Å². The Morgan fingerprint density at radius 2 is 2.07 bits per heavy atom. The van der Waals surface area contributed by atoms with Gasteiger partial charge in [-0.05, 0) is 20.3 Å². The molecule has 14 heavy (non-hydrogen) atoms. The third-order valence-corrected chi connectivity index (χ3v) is 2.52. The van der Waals surface area contributed by atoms with Gasteiger partial charge in [-0.3, -0.25) is 0 Å². The highest BCUT2D eigenvalue weighted by molar-refractivity contribution is 4.89. The fourth-order valence-electron chi connectivity index (χ4n) is 1.65. The first-order valence-corrected chi connectivity index (χ1v) is 4.75. The van der Waals surface area contributed by atoms with Crippen molar-refractivity contribution in [3.63, 3.8) is 0 Å². The number of ether oxygens (including phenoxy) is 1. The quantitative estimate of drug-likeness (QED) is 0.755. The van der Waals surface area contributed by atoms with Crippen molar-refractivity contribution in [2.45, 2.75) is 44.5 Å². The number of hydrogen-bond donors (Lipinski definition) is 1. The lowest BCUT2D eigenvalue weighted by Gasteiger charge is -2.39. The Bertz CT molecular complexity index is 191. The second kappa shape index (κ2) is 4.06. The molecule has 0 bridgehead atoms. The van der Waals surface area contributed by atoms with Crippen LogP contribution in [0.4, 0.5) is 13.2 Å². The van der Waals surface area contributed by atoms with Gasteiger partial charge in [0.15, 0.2) is 0 Å². The third-order valence-electron chi connectivity index (χ3n) is 2.52. The lowest BCUT2D eigenvalue weighted by molar-refractivity contribution is -0.144. The first-order chi connectivity index (χ1) is 6.31. The number of rotatable bonds is 2. The molecule has 1 rings (SSSR count). The molecule has 1 N–H and O–H groups in total. The number of halogens is 3. The van der Waals surface area contributed by atoms with Gasteiger partial charge < -0.3 is 10.1 Å². The van der Waals surface area contributed by atoms with Crippen LogP contribution in [0.15, 0.2) is 0 Å². The molecule has 0 aromatic rings. The summed E-state index contributed by atoms with van der Waals surface area (Å²) >= 11 is 0. The van der Waals surface area contributed by atoms with E-state index in [1.165, 1.54) is 0 Å². The van der Waals surface area contributed by atoms with Crippen LogP contribution in [0, 0.1) is 0 Å². The molecule has 1 atom stereocenters. The van der Waals surface area contributed by atoms with E-state index in [1.54, 1.807) is 0 Å². The van der Waals surface area contributed by atoms with E-state index >= 15 is 0 Å². The van der Waals surface area contributed by atoms with Crippen LogP contribution in [-0.4, -0.2) is 31.0 Å². The minimum absolute atomic E-state index is 0.0799. The lowest BCUT2D eigenvalue weighted by atomic mass is 9.93. The van der Waals surface area contributed by atoms with Crippen LogP contribution >= 0.6 is 0 Å². The van der Waals surface area contributed by atoms with Gasteiger partial charge in [0.1, 0.15) is 0 Å². The van der Waals surface area contributed by atoms with Gasteiger partial charge >= 0.3 is 6.18 Å². The van der Waals surface area contributed by atoms with Crippen LogP contribution in [0.5, 0.6) is 0 Å². The predicted molar refractivity (Wildman–Crippen MR) is 47.1 cm³/mol. The summed E-state index contributed by atoms with van der Waals surface area (Å²) in [7, 11) is 0. The van der Waals surface area contributed by atoms with E-state index in [2.05, 4.69) is 5.32 Å². The summed E-state index contributed by atoms with van der Waals surface area (Å²) in [5.74, 6) is 0. The highest BCUT2D eigenvalue weighted by atomic mass is 19.4. The normalized spacial score (nSPS) is 27.6. The predicted octanol–water partition coefficient (Wildman–Crippen LogP) is 2.10. The second-order valence-corrected chi connectivity index (χ2v) is 4.11. The van der Waals surface area contributed by atoms with Gasteiger partial charge in [0.2, 0.25) is 0 Å². The SMILES string of the molecule is CC1(C)OCCNC1CCC(F)(F)F. The van der Waals surface area contributed by atoms with Crippen LogP contribution < -0.4 is 5.32 Å². The Labute approximate surface area is 81.8 Å². The zero-order chi connectivity index (χ0) is 10.8. The average Bonchev–Trinajstić information content (AvgIpc) is 2.00. The fourth-order valence-corrected chi connectivity index (χ4v) is 1.65. The van der Waals surface area contributed by atoms with Gasteiger partial charge in [-0.2, -0.15) is 13.2 Å². The molecule has 0 amide bonds. The molecule has 0 aliphatic carbocycles. The van der Waals surface area contributed by atoms with Crippen molar-refractivity contribution in [3.8, 4) is 0 Å². The highest BCUT2D eigenvalue weighted by Crippen LogP contribution is 2.27. The van der Waals surface area contributed by atoms with Crippen molar-refractivity contribution in [3.05, 3.63) is 0 Å². The topological polar surface area (TPSA) is 21.3 Å². The summed E-state index contributed by atoms with van der Waals surface area (Å²) < 4.78 is 41.4. The maximum absolute atomic E-state index is 12.0. The van der Waals surface area contributed by atoms with Crippen LogP contribution in [0.2, 0.25) is 0 Å². The molecule has 2 nitrogen and oxygen atoms in total. The van der Waals surface area contributed by atoms with Crippen LogP contribution in [-0.2, 0) is 4.74 Å². The van der Waals surface area contributed by atoms with Gasteiger partial charge in [-0.15, -0.1) is 0 Å². The minimum Gasteiger partial charge on any atom is -0.373 e. The Morgan fingerprint density at radius 1 is 1.43 bits per heavy atom. The second-order valence-electron chi connectivity index (χ2n) is 4.11. The van der Waals surface area contributed by atoms with E-state index < -0.39 is 18.2 Å². The fraction of sp³-hybridized carbons (Fsp3) is 1.00. The Kier molecular flexibility index (Phi) is 3.42. The van der Waals surface area contributed by atoms with Crippen molar-refractivity contribution >= 4 is 0 Å². The van der Waals surface area contributed by atoms with E-state index in [0.717, 1.165) is 0 Å². The molecule has 0 aromatic carbocycles. The zero-order valence-corrected chi connectivity index (χ0v) is 8.45. The van der Waals surface area contributed by atoms with E-state index in [1.807, 2.05) is 13.8 Å². The average molecular weight is 211 g/mol. The van der Waals surface area contributed by atoms with E-state index in [4.69, 9.17) is 4.74 Å². The Morgan fingerprint density at radius 3 is 2.57 bits per heavy atom.